The summed E-state index contributed by atoms with van der Waals surface area (Å²) in [7, 11) is 0. The van der Waals surface area contributed by atoms with E-state index in [1.54, 1.807) is 12.1 Å². The van der Waals surface area contributed by atoms with Crippen molar-refractivity contribution >= 4 is 5.97 Å². The first-order chi connectivity index (χ1) is 6.68. The van der Waals surface area contributed by atoms with Crippen molar-refractivity contribution in [1.29, 1.82) is 0 Å². The zero-order valence-electron chi connectivity index (χ0n) is 8.29. The highest BCUT2D eigenvalue weighted by atomic mass is 16.4. The predicted molar refractivity (Wildman–Crippen MR) is 54.6 cm³/mol. The molecule has 0 radical (unpaired) electrons. The first kappa shape index (κ1) is 9.25. The summed E-state index contributed by atoms with van der Waals surface area (Å²) >= 11 is 0. The zero-order valence-corrected chi connectivity index (χ0v) is 8.29. The average molecular weight is 190 g/mol. The molecule has 1 aromatic rings. The van der Waals surface area contributed by atoms with Crippen LogP contribution in [-0.4, -0.2) is 11.1 Å². The van der Waals surface area contributed by atoms with Gasteiger partial charge in [0.25, 0.3) is 0 Å². The quantitative estimate of drug-likeness (QED) is 0.795. The normalized spacial score (nSPS) is 17.8. The smallest absolute Gasteiger partial charge is 0.335 e. The molecule has 2 heteroatoms. The third-order valence-corrected chi connectivity index (χ3v) is 3.27. The van der Waals surface area contributed by atoms with E-state index in [1.165, 1.54) is 18.4 Å². The van der Waals surface area contributed by atoms with Crippen molar-refractivity contribution in [2.75, 3.05) is 0 Å². The van der Waals surface area contributed by atoms with Gasteiger partial charge in [0, 0.05) is 0 Å². The van der Waals surface area contributed by atoms with Crippen molar-refractivity contribution in [2.45, 2.75) is 31.6 Å². The Labute approximate surface area is 83.6 Å². The molecule has 14 heavy (non-hydrogen) atoms. The van der Waals surface area contributed by atoms with Crippen LogP contribution in [0.2, 0.25) is 0 Å². The summed E-state index contributed by atoms with van der Waals surface area (Å²) in [6.07, 6.45) is 3.64. The van der Waals surface area contributed by atoms with Crippen molar-refractivity contribution in [3.63, 3.8) is 0 Å². The molecule has 0 aromatic heterocycles. The lowest BCUT2D eigenvalue weighted by Gasteiger charge is -2.12. The molecule has 1 N–H and O–H groups in total. The lowest BCUT2D eigenvalue weighted by Crippen LogP contribution is -2.05. The molecule has 0 atom stereocenters. The van der Waals surface area contributed by atoms with Gasteiger partial charge >= 0.3 is 5.97 Å². The van der Waals surface area contributed by atoms with Gasteiger partial charge in [-0.25, -0.2) is 4.79 Å². The summed E-state index contributed by atoms with van der Waals surface area (Å²) in [6, 6.07) is 7.32. The molecular formula is C12H14O2. The molecule has 0 bridgehead atoms. The standard InChI is InChI=1S/C12H14O2/c1-2-12(7-8-12)10-5-3-9(4-6-10)11(13)14/h3-6H,2,7-8H2,1H3,(H,13,14). The predicted octanol–water partition coefficient (Wildman–Crippen LogP) is 2.83. The summed E-state index contributed by atoms with van der Waals surface area (Å²) in [5.41, 5.74) is 2.04. The second-order valence-corrected chi connectivity index (χ2v) is 4.02. The molecule has 0 saturated heterocycles. The minimum atomic E-state index is -0.849. The molecular weight excluding hydrogens is 176 g/mol. The first-order valence-corrected chi connectivity index (χ1v) is 5.02. The van der Waals surface area contributed by atoms with E-state index in [2.05, 4.69) is 6.92 Å². The van der Waals surface area contributed by atoms with E-state index in [4.69, 9.17) is 5.11 Å². The Balaban J connectivity index is 2.26. The Kier molecular flexibility index (Phi) is 2.06. The summed E-state index contributed by atoms with van der Waals surface area (Å²) < 4.78 is 0. The van der Waals surface area contributed by atoms with Gasteiger partial charge in [0.05, 0.1) is 5.56 Å². The fourth-order valence-corrected chi connectivity index (χ4v) is 1.96. The number of carbonyl (C=O) groups is 1. The molecule has 0 amide bonds. The van der Waals surface area contributed by atoms with Crippen molar-refractivity contribution < 1.29 is 9.90 Å². The molecule has 0 heterocycles. The fraction of sp³-hybridized carbons (Fsp3) is 0.417. The van der Waals surface area contributed by atoms with Gasteiger partial charge in [0.15, 0.2) is 0 Å². The molecule has 1 aromatic carbocycles. The van der Waals surface area contributed by atoms with Gasteiger partial charge in [-0.15, -0.1) is 0 Å². The van der Waals surface area contributed by atoms with Crippen LogP contribution in [0.4, 0.5) is 0 Å². The van der Waals surface area contributed by atoms with Crippen molar-refractivity contribution in [1.82, 2.24) is 0 Å². The summed E-state index contributed by atoms with van der Waals surface area (Å²) in [6.45, 7) is 2.19. The molecule has 2 rings (SSSR count). The van der Waals surface area contributed by atoms with Gasteiger partial charge in [0.1, 0.15) is 0 Å². The van der Waals surface area contributed by atoms with Gasteiger partial charge in [0.2, 0.25) is 0 Å². The van der Waals surface area contributed by atoms with E-state index in [0.717, 1.165) is 6.42 Å². The van der Waals surface area contributed by atoms with Crippen LogP contribution in [0.15, 0.2) is 24.3 Å². The van der Waals surface area contributed by atoms with Crippen LogP contribution in [0.3, 0.4) is 0 Å². The van der Waals surface area contributed by atoms with E-state index in [-0.39, 0.29) is 0 Å². The van der Waals surface area contributed by atoms with Crippen LogP contribution in [0.1, 0.15) is 42.1 Å². The van der Waals surface area contributed by atoms with Crippen LogP contribution in [-0.2, 0) is 5.41 Å². The molecule has 2 nitrogen and oxygen atoms in total. The molecule has 1 fully saturated rings. The minimum Gasteiger partial charge on any atom is -0.478 e. The summed E-state index contributed by atoms with van der Waals surface area (Å²) in [5, 5.41) is 8.75. The Hall–Kier alpha value is -1.31. The van der Waals surface area contributed by atoms with Crippen LogP contribution in [0.25, 0.3) is 0 Å². The monoisotopic (exact) mass is 190 g/mol. The van der Waals surface area contributed by atoms with Crippen molar-refractivity contribution in [2.24, 2.45) is 0 Å². The molecule has 74 valence electrons. The maximum absolute atomic E-state index is 10.6. The van der Waals surface area contributed by atoms with E-state index in [9.17, 15) is 4.79 Å². The number of benzene rings is 1. The van der Waals surface area contributed by atoms with Gasteiger partial charge < -0.3 is 5.11 Å². The van der Waals surface area contributed by atoms with Crippen LogP contribution < -0.4 is 0 Å². The van der Waals surface area contributed by atoms with Gasteiger partial charge in [-0.1, -0.05) is 19.1 Å². The van der Waals surface area contributed by atoms with E-state index in [1.807, 2.05) is 12.1 Å². The van der Waals surface area contributed by atoms with E-state index < -0.39 is 5.97 Å². The molecule has 1 aliphatic rings. The Morgan fingerprint density at radius 3 is 2.29 bits per heavy atom. The SMILES string of the molecule is CCC1(c2ccc(C(=O)O)cc2)CC1. The van der Waals surface area contributed by atoms with Crippen LogP contribution in [0.5, 0.6) is 0 Å². The van der Waals surface area contributed by atoms with Crippen molar-refractivity contribution in [3.05, 3.63) is 35.4 Å². The molecule has 0 unspecified atom stereocenters. The Bertz CT molecular complexity index is 347. The average Bonchev–Trinajstić information content (AvgIpc) is 2.99. The van der Waals surface area contributed by atoms with Crippen LogP contribution >= 0.6 is 0 Å². The van der Waals surface area contributed by atoms with Crippen molar-refractivity contribution in [3.8, 4) is 0 Å². The van der Waals surface area contributed by atoms with Gasteiger partial charge in [-0.3, -0.25) is 0 Å². The maximum atomic E-state index is 10.6. The second kappa shape index (κ2) is 3.12. The van der Waals surface area contributed by atoms with Gasteiger partial charge in [-0.2, -0.15) is 0 Å². The summed E-state index contributed by atoms with van der Waals surface area (Å²) in [4.78, 5) is 10.6. The number of rotatable bonds is 3. The summed E-state index contributed by atoms with van der Waals surface area (Å²) in [5.74, 6) is -0.849. The number of carboxylic acid groups (broad SMARTS) is 1. The largest absolute Gasteiger partial charge is 0.478 e. The Morgan fingerprint density at radius 2 is 1.93 bits per heavy atom. The Morgan fingerprint density at radius 1 is 1.36 bits per heavy atom. The molecule has 0 spiro atoms. The molecule has 1 saturated carbocycles. The third kappa shape index (κ3) is 1.41. The highest BCUT2D eigenvalue weighted by Crippen LogP contribution is 2.50. The zero-order chi connectivity index (χ0) is 10.2. The second-order valence-electron chi connectivity index (χ2n) is 4.02. The number of hydrogen-bond acceptors (Lipinski definition) is 1. The number of hydrogen-bond donors (Lipinski definition) is 1. The maximum Gasteiger partial charge on any atom is 0.335 e. The topological polar surface area (TPSA) is 37.3 Å². The lowest BCUT2D eigenvalue weighted by atomic mass is 9.92. The molecule has 0 aliphatic heterocycles. The lowest BCUT2D eigenvalue weighted by molar-refractivity contribution is 0.0697. The van der Waals surface area contributed by atoms with Gasteiger partial charge in [-0.05, 0) is 42.4 Å². The van der Waals surface area contributed by atoms with E-state index >= 15 is 0 Å². The van der Waals surface area contributed by atoms with E-state index in [0.29, 0.717) is 11.0 Å². The third-order valence-electron chi connectivity index (χ3n) is 3.27. The first-order valence-electron chi connectivity index (χ1n) is 5.02. The minimum absolute atomic E-state index is 0.372. The number of carboxylic acids is 1. The van der Waals surface area contributed by atoms with Crippen LogP contribution in [0, 0.1) is 0 Å². The molecule has 1 aliphatic carbocycles. The highest BCUT2D eigenvalue weighted by Gasteiger charge is 2.42. The highest BCUT2D eigenvalue weighted by molar-refractivity contribution is 5.87. The number of aromatic carboxylic acids is 1. The fourth-order valence-electron chi connectivity index (χ4n) is 1.96.